The predicted molar refractivity (Wildman–Crippen MR) is 132 cm³/mol. The molecule has 164 valence electrons. The first kappa shape index (κ1) is 21.9. The van der Waals surface area contributed by atoms with Crippen molar-refractivity contribution in [1.29, 1.82) is 0 Å². The number of pyridine rings is 1. The highest BCUT2D eigenvalue weighted by Crippen LogP contribution is 2.33. The number of aryl methyl sites for hydroxylation is 5. The second-order valence-corrected chi connectivity index (χ2v) is 9.44. The summed E-state index contributed by atoms with van der Waals surface area (Å²) in [7, 11) is 0. The summed E-state index contributed by atoms with van der Waals surface area (Å²) in [6.45, 7) is 15.1. The van der Waals surface area contributed by atoms with Crippen LogP contribution in [-0.4, -0.2) is 19.7 Å². The van der Waals surface area contributed by atoms with Crippen LogP contribution in [0.15, 0.2) is 48.7 Å². The summed E-state index contributed by atoms with van der Waals surface area (Å²) in [5, 5.41) is 9.35. The molecular weight excluding hydrogens is 392 g/mol. The molecule has 2 aromatic carbocycles. The van der Waals surface area contributed by atoms with Gasteiger partial charge in [0.05, 0.1) is 5.69 Å². The lowest BCUT2D eigenvalue weighted by Crippen LogP contribution is -2.06. The summed E-state index contributed by atoms with van der Waals surface area (Å²) in [5.74, 6) is 2.25. The largest absolute Gasteiger partial charge is 0.274 e. The Morgan fingerprint density at radius 3 is 1.81 bits per heavy atom. The Labute approximate surface area is 191 Å². The molecule has 0 saturated carbocycles. The van der Waals surface area contributed by atoms with E-state index in [-0.39, 0.29) is 0 Å². The molecule has 4 heteroatoms. The van der Waals surface area contributed by atoms with E-state index in [2.05, 4.69) is 106 Å². The predicted octanol–water partition coefficient (Wildman–Crippen LogP) is 6.74. The van der Waals surface area contributed by atoms with Crippen LogP contribution in [0.3, 0.4) is 0 Å². The maximum absolute atomic E-state index is 4.72. The average molecular weight is 425 g/mol. The highest BCUT2D eigenvalue weighted by Gasteiger charge is 2.21. The fourth-order valence-electron chi connectivity index (χ4n) is 4.59. The Morgan fingerprint density at radius 1 is 0.719 bits per heavy atom. The SMILES string of the molecule is Cc1cc(C)cc(-c2nnc(-c3ccc(CC(C)C)nc3)n2-c2c(C)cc(C)cc2C)c1. The van der Waals surface area contributed by atoms with Crippen LogP contribution in [-0.2, 0) is 6.42 Å². The van der Waals surface area contributed by atoms with Gasteiger partial charge in [-0.05, 0) is 82.3 Å². The lowest BCUT2D eigenvalue weighted by Gasteiger charge is -2.17. The van der Waals surface area contributed by atoms with Gasteiger partial charge in [-0.3, -0.25) is 9.55 Å². The topological polar surface area (TPSA) is 43.6 Å². The van der Waals surface area contributed by atoms with Crippen LogP contribution in [0.2, 0.25) is 0 Å². The van der Waals surface area contributed by atoms with Crippen molar-refractivity contribution < 1.29 is 0 Å². The molecule has 4 rings (SSSR count). The molecule has 0 N–H and O–H groups in total. The molecule has 0 aliphatic heterocycles. The standard InChI is InChI=1S/C28H32N4/c1-17(2)10-25-9-8-23(16-29-25)27-30-31-28(24-14-18(3)11-19(4)15-24)32(27)26-21(6)12-20(5)13-22(26)7/h8-9,11-17H,10H2,1-7H3. The third-order valence-electron chi connectivity index (χ3n) is 5.70. The van der Waals surface area contributed by atoms with Gasteiger partial charge in [0, 0.05) is 23.0 Å². The van der Waals surface area contributed by atoms with Gasteiger partial charge in [0.15, 0.2) is 11.6 Å². The van der Waals surface area contributed by atoms with Gasteiger partial charge in [0.1, 0.15) is 0 Å². The average Bonchev–Trinajstić information content (AvgIpc) is 3.11. The van der Waals surface area contributed by atoms with Crippen molar-refractivity contribution in [2.45, 2.75) is 54.9 Å². The molecular formula is C28H32N4. The van der Waals surface area contributed by atoms with Gasteiger partial charge in [0.2, 0.25) is 0 Å². The summed E-state index contributed by atoms with van der Waals surface area (Å²) in [6.07, 6.45) is 2.90. The minimum atomic E-state index is 0.575. The molecule has 2 aromatic heterocycles. The van der Waals surface area contributed by atoms with Crippen molar-refractivity contribution in [3.8, 4) is 28.5 Å². The highest BCUT2D eigenvalue weighted by molar-refractivity contribution is 5.69. The number of hydrogen-bond donors (Lipinski definition) is 0. The van der Waals surface area contributed by atoms with E-state index >= 15 is 0 Å². The third-order valence-corrected chi connectivity index (χ3v) is 5.70. The zero-order valence-corrected chi connectivity index (χ0v) is 20.2. The number of hydrogen-bond acceptors (Lipinski definition) is 3. The van der Waals surface area contributed by atoms with Crippen molar-refractivity contribution in [3.63, 3.8) is 0 Å². The molecule has 4 aromatic rings. The van der Waals surface area contributed by atoms with Gasteiger partial charge in [-0.1, -0.05) is 48.7 Å². The number of rotatable bonds is 5. The summed E-state index contributed by atoms with van der Waals surface area (Å²) in [6, 6.07) is 15.2. The second kappa shape index (κ2) is 8.70. The van der Waals surface area contributed by atoms with E-state index in [9.17, 15) is 0 Å². The Kier molecular flexibility index (Phi) is 5.96. The Morgan fingerprint density at radius 2 is 1.28 bits per heavy atom. The third kappa shape index (κ3) is 4.36. The molecule has 2 heterocycles. The van der Waals surface area contributed by atoms with E-state index in [1.54, 1.807) is 0 Å². The summed E-state index contributed by atoms with van der Waals surface area (Å²) >= 11 is 0. The Bertz CT molecular complexity index is 1220. The van der Waals surface area contributed by atoms with Crippen LogP contribution in [0, 0.1) is 40.5 Å². The van der Waals surface area contributed by atoms with Crippen molar-refractivity contribution in [1.82, 2.24) is 19.7 Å². The monoisotopic (exact) mass is 424 g/mol. The van der Waals surface area contributed by atoms with Gasteiger partial charge in [-0.15, -0.1) is 10.2 Å². The minimum Gasteiger partial charge on any atom is -0.274 e. The number of aromatic nitrogens is 4. The van der Waals surface area contributed by atoms with Crippen LogP contribution in [0.4, 0.5) is 0 Å². The molecule has 0 aliphatic rings. The normalized spacial score (nSPS) is 11.4. The van der Waals surface area contributed by atoms with Crippen molar-refractivity contribution in [3.05, 3.63) is 82.2 Å². The van der Waals surface area contributed by atoms with E-state index in [1.807, 2.05) is 6.20 Å². The van der Waals surface area contributed by atoms with Gasteiger partial charge in [0.25, 0.3) is 0 Å². The van der Waals surface area contributed by atoms with Crippen LogP contribution < -0.4 is 0 Å². The maximum atomic E-state index is 4.72. The van der Waals surface area contributed by atoms with Crippen LogP contribution in [0.25, 0.3) is 28.5 Å². The van der Waals surface area contributed by atoms with Gasteiger partial charge >= 0.3 is 0 Å². The molecule has 0 radical (unpaired) electrons. The molecule has 4 nitrogen and oxygen atoms in total. The second-order valence-electron chi connectivity index (χ2n) is 9.44. The molecule has 0 unspecified atom stereocenters. The molecule has 0 aliphatic carbocycles. The van der Waals surface area contributed by atoms with Gasteiger partial charge in [-0.2, -0.15) is 0 Å². The molecule has 0 atom stereocenters. The van der Waals surface area contributed by atoms with E-state index in [1.165, 1.54) is 27.8 Å². The number of nitrogens with zero attached hydrogens (tertiary/aromatic N) is 4. The summed E-state index contributed by atoms with van der Waals surface area (Å²) in [5.41, 5.74) is 10.4. The molecule has 0 bridgehead atoms. The quantitative estimate of drug-likeness (QED) is 0.356. The first-order valence-corrected chi connectivity index (χ1v) is 11.3. The zero-order valence-electron chi connectivity index (χ0n) is 20.2. The lowest BCUT2D eigenvalue weighted by molar-refractivity contribution is 0.635. The van der Waals surface area contributed by atoms with E-state index < -0.39 is 0 Å². The van der Waals surface area contributed by atoms with Crippen molar-refractivity contribution >= 4 is 0 Å². The van der Waals surface area contributed by atoms with E-state index in [4.69, 9.17) is 4.98 Å². The molecule has 0 fully saturated rings. The highest BCUT2D eigenvalue weighted by atomic mass is 15.3. The van der Waals surface area contributed by atoms with Crippen LogP contribution >= 0.6 is 0 Å². The van der Waals surface area contributed by atoms with Crippen LogP contribution in [0.5, 0.6) is 0 Å². The van der Waals surface area contributed by atoms with Gasteiger partial charge in [-0.25, -0.2) is 0 Å². The Hall–Kier alpha value is -3.27. The zero-order chi connectivity index (χ0) is 23.0. The molecule has 0 amide bonds. The van der Waals surface area contributed by atoms with Crippen molar-refractivity contribution in [2.24, 2.45) is 5.92 Å². The van der Waals surface area contributed by atoms with E-state index in [0.717, 1.165) is 40.6 Å². The first-order valence-electron chi connectivity index (χ1n) is 11.3. The molecule has 0 saturated heterocycles. The van der Waals surface area contributed by atoms with Crippen molar-refractivity contribution in [2.75, 3.05) is 0 Å². The van der Waals surface area contributed by atoms with Gasteiger partial charge < -0.3 is 0 Å². The molecule has 0 spiro atoms. The number of benzene rings is 2. The smallest absolute Gasteiger partial charge is 0.170 e. The summed E-state index contributed by atoms with van der Waals surface area (Å²) < 4.78 is 2.21. The first-order chi connectivity index (χ1) is 15.2. The molecule has 32 heavy (non-hydrogen) atoms. The maximum Gasteiger partial charge on any atom is 0.170 e. The van der Waals surface area contributed by atoms with E-state index in [0.29, 0.717) is 5.92 Å². The Balaban J connectivity index is 1.95. The lowest BCUT2D eigenvalue weighted by atomic mass is 10.0. The van der Waals surface area contributed by atoms with Crippen LogP contribution in [0.1, 0.15) is 47.4 Å². The minimum absolute atomic E-state index is 0.575. The fourth-order valence-corrected chi connectivity index (χ4v) is 4.59. The summed E-state index contributed by atoms with van der Waals surface area (Å²) in [4.78, 5) is 4.72. The fraction of sp³-hybridized carbons (Fsp3) is 0.321.